The lowest BCUT2D eigenvalue weighted by Crippen LogP contribution is -2.27. The molecule has 1 fully saturated rings. The van der Waals surface area contributed by atoms with E-state index >= 15 is 0 Å². The molecule has 26 heavy (non-hydrogen) atoms. The quantitative estimate of drug-likeness (QED) is 0.701. The average molecular weight is 370 g/mol. The number of piperidine rings is 1. The van der Waals surface area contributed by atoms with Crippen LogP contribution in [0.25, 0.3) is 15.7 Å². The first-order valence-electron chi connectivity index (χ1n) is 9.69. The normalized spacial score (nSPS) is 15.9. The summed E-state index contributed by atoms with van der Waals surface area (Å²) in [5, 5.41) is 4.48. The maximum absolute atomic E-state index is 12.3. The number of hydrogen-bond acceptors (Lipinski definition) is 3. The van der Waals surface area contributed by atoms with Crippen LogP contribution in [0.2, 0.25) is 0 Å². The van der Waals surface area contributed by atoms with E-state index in [-0.39, 0.29) is 5.91 Å². The number of hydrogen-bond donors (Lipinski definition) is 2. The molecule has 0 spiro atoms. The van der Waals surface area contributed by atoms with Gasteiger partial charge in [-0.1, -0.05) is 31.5 Å². The maximum atomic E-state index is 12.3. The predicted molar refractivity (Wildman–Crippen MR) is 109 cm³/mol. The van der Waals surface area contributed by atoms with Crippen LogP contribution in [-0.4, -0.2) is 23.4 Å². The first-order chi connectivity index (χ1) is 12.6. The molecule has 4 rings (SSSR count). The number of rotatable bonds is 5. The molecular weight excluding hydrogens is 342 g/mol. The van der Waals surface area contributed by atoms with Crippen LogP contribution in [0.3, 0.4) is 0 Å². The minimum absolute atomic E-state index is 0.316. The fourth-order valence-corrected chi connectivity index (χ4v) is 5.69. The van der Waals surface area contributed by atoms with E-state index in [1.807, 2.05) is 0 Å². The van der Waals surface area contributed by atoms with Crippen molar-refractivity contribution in [3.8, 4) is 0 Å². The Kier molecular flexibility index (Phi) is 4.76. The lowest BCUT2D eigenvalue weighted by Gasteiger charge is -2.23. The summed E-state index contributed by atoms with van der Waals surface area (Å²) in [4.78, 5) is 14.7. The number of aryl methyl sites for hydroxylation is 2. The molecule has 1 aromatic carbocycles. The Morgan fingerprint density at radius 1 is 1.35 bits per heavy atom. The van der Waals surface area contributed by atoms with Crippen LogP contribution in [0.1, 0.15) is 65.0 Å². The number of carbonyl (C=O) groups is 1. The van der Waals surface area contributed by atoms with Crippen LogP contribution in [0.15, 0.2) is 18.2 Å². The van der Waals surface area contributed by atoms with E-state index in [9.17, 15) is 4.79 Å². The molecule has 0 saturated carbocycles. The van der Waals surface area contributed by atoms with E-state index in [0.717, 1.165) is 55.4 Å². The second-order valence-electron chi connectivity index (χ2n) is 7.36. The number of aromatic nitrogens is 1. The third-order valence-electron chi connectivity index (χ3n) is 5.65. The van der Waals surface area contributed by atoms with Crippen molar-refractivity contribution in [1.82, 2.24) is 9.72 Å². The summed E-state index contributed by atoms with van der Waals surface area (Å²) in [5.74, 6) is 0.226. The molecule has 4 nitrogen and oxygen atoms in total. The minimum Gasteiger partial charge on any atom is -0.365 e. The lowest BCUT2D eigenvalue weighted by molar-refractivity contribution is 0.100. The summed E-state index contributed by atoms with van der Waals surface area (Å²) in [6.45, 7) is 6.54. The van der Waals surface area contributed by atoms with Crippen molar-refractivity contribution in [3.63, 3.8) is 0 Å². The van der Waals surface area contributed by atoms with Crippen molar-refractivity contribution in [2.45, 2.75) is 51.9 Å². The first-order valence-corrected chi connectivity index (χ1v) is 10.5. The second kappa shape index (κ2) is 7.05. The molecule has 0 unspecified atom stereocenters. The van der Waals surface area contributed by atoms with Gasteiger partial charge < -0.3 is 15.5 Å². The van der Waals surface area contributed by atoms with Crippen molar-refractivity contribution < 1.29 is 4.79 Å². The summed E-state index contributed by atoms with van der Waals surface area (Å²) >= 11 is 1.73. The Morgan fingerprint density at radius 2 is 2.12 bits per heavy atom. The third-order valence-corrected chi connectivity index (χ3v) is 6.75. The van der Waals surface area contributed by atoms with Crippen LogP contribution < -0.4 is 11.1 Å². The van der Waals surface area contributed by atoms with Gasteiger partial charge in [-0.25, -0.2) is 0 Å². The van der Waals surface area contributed by atoms with E-state index in [0.29, 0.717) is 11.5 Å². The van der Waals surface area contributed by atoms with Crippen molar-refractivity contribution in [1.29, 1.82) is 0 Å². The van der Waals surface area contributed by atoms with Gasteiger partial charge in [0.1, 0.15) is 4.83 Å². The average Bonchev–Trinajstić information content (AvgIpc) is 3.13. The van der Waals surface area contributed by atoms with Gasteiger partial charge in [-0.05, 0) is 51.3 Å². The molecule has 3 heterocycles. The highest BCUT2D eigenvalue weighted by molar-refractivity contribution is 7.18. The third kappa shape index (κ3) is 2.74. The lowest BCUT2D eigenvalue weighted by atomic mass is 9.93. The monoisotopic (exact) mass is 369 g/mol. The standard InChI is InChI=1S/C21H27N3OS/c1-3-4-6-14-7-5-8-16-17(20(22)25)21-24(19(14)16)18(13(2)26-21)15-9-11-23-12-10-15/h5,7-8,15,23H,3-4,6,9-12H2,1-2H3,(H2,22,25). The maximum Gasteiger partial charge on any atom is 0.252 e. The van der Waals surface area contributed by atoms with Crippen molar-refractivity contribution >= 4 is 33.0 Å². The van der Waals surface area contributed by atoms with Crippen LogP contribution in [-0.2, 0) is 6.42 Å². The smallest absolute Gasteiger partial charge is 0.252 e. The van der Waals surface area contributed by atoms with Gasteiger partial charge in [0.05, 0.1) is 11.1 Å². The number of thiazole rings is 1. The first kappa shape index (κ1) is 17.6. The molecule has 5 heteroatoms. The number of nitrogens with zero attached hydrogens (tertiary/aromatic N) is 1. The number of unbranched alkanes of at least 4 members (excludes halogenated alkanes) is 1. The summed E-state index contributed by atoms with van der Waals surface area (Å²) in [6, 6.07) is 6.35. The minimum atomic E-state index is -0.316. The molecule has 0 bridgehead atoms. The molecule has 138 valence electrons. The van der Waals surface area contributed by atoms with Crippen LogP contribution in [0, 0.1) is 6.92 Å². The van der Waals surface area contributed by atoms with E-state index in [1.165, 1.54) is 21.7 Å². The number of para-hydroxylation sites is 1. The summed E-state index contributed by atoms with van der Waals surface area (Å²) in [6.07, 6.45) is 5.66. The van der Waals surface area contributed by atoms with Gasteiger partial charge in [-0.3, -0.25) is 4.79 Å². The van der Waals surface area contributed by atoms with E-state index < -0.39 is 0 Å². The van der Waals surface area contributed by atoms with Gasteiger partial charge >= 0.3 is 0 Å². The van der Waals surface area contributed by atoms with Gasteiger partial charge in [0.25, 0.3) is 5.91 Å². The molecule has 1 aliphatic rings. The molecule has 0 atom stereocenters. The molecule has 1 amide bonds. The molecular formula is C21H27N3OS. The molecule has 3 N–H and O–H groups in total. The number of benzene rings is 1. The molecule has 2 aromatic heterocycles. The van der Waals surface area contributed by atoms with Gasteiger partial charge in [0, 0.05) is 21.9 Å². The number of carbonyl (C=O) groups excluding carboxylic acids is 1. The fraction of sp³-hybridized carbons (Fsp3) is 0.476. The van der Waals surface area contributed by atoms with Crippen LogP contribution in [0.4, 0.5) is 0 Å². The number of nitrogens with one attached hydrogen (secondary N) is 1. The summed E-state index contributed by atoms with van der Waals surface area (Å²) < 4.78 is 2.39. The van der Waals surface area contributed by atoms with Crippen LogP contribution in [0.5, 0.6) is 0 Å². The van der Waals surface area contributed by atoms with Gasteiger partial charge in [0.15, 0.2) is 0 Å². The Bertz CT molecular complexity index is 963. The van der Waals surface area contributed by atoms with E-state index in [2.05, 4.69) is 41.8 Å². The molecule has 1 aliphatic heterocycles. The zero-order chi connectivity index (χ0) is 18.3. The largest absolute Gasteiger partial charge is 0.365 e. The Hall–Kier alpha value is -1.85. The zero-order valence-electron chi connectivity index (χ0n) is 15.6. The second-order valence-corrected chi connectivity index (χ2v) is 8.57. The zero-order valence-corrected chi connectivity index (χ0v) is 16.4. The summed E-state index contributed by atoms with van der Waals surface area (Å²) in [5.41, 5.74) is 10.5. The van der Waals surface area contributed by atoms with E-state index in [1.54, 1.807) is 11.3 Å². The van der Waals surface area contributed by atoms with Crippen LogP contribution >= 0.6 is 11.3 Å². The van der Waals surface area contributed by atoms with Crippen molar-refractivity contribution in [2.75, 3.05) is 13.1 Å². The van der Waals surface area contributed by atoms with Crippen molar-refractivity contribution in [2.24, 2.45) is 5.73 Å². The highest BCUT2D eigenvalue weighted by Crippen LogP contribution is 2.40. The van der Waals surface area contributed by atoms with Gasteiger partial charge in [-0.2, -0.15) is 0 Å². The number of primary amides is 1. The molecule has 1 saturated heterocycles. The highest BCUT2D eigenvalue weighted by atomic mass is 32.1. The van der Waals surface area contributed by atoms with Gasteiger partial charge in [0.2, 0.25) is 0 Å². The number of fused-ring (bicyclic) bond motifs is 3. The highest BCUT2D eigenvalue weighted by Gasteiger charge is 2.27. The SMILES string of the molecule is CCCCc1cccc2c(C(N)=O)c3sc(C)c(C4CCNCC4)n3c12. The predicted octanol–water partition coefficient (Wildman–Crippen LogP) is 4.37. The fourth-order valence-electron chi connectivity index (χ4n) is 4.44. The molecule has 0 aliphatic carbocycles. The van der Waals surface area contributed by atoms with Crippen molar-refractivity contribution in [3.05, 3.63) is 39.9 Å². The van der Waals surface area contributed by atoms with E-state index in [4.69, 9.17) is 5.73 Å². The summed E-state index contributed by atoms with van der Waals surface area (Å²) in [7, 11) is 0. The Morgan fingerprint density at radius 3 is 2.81 bits per heavy atom. The topological polar surface area (TPSA) is 59.5 Å². The molecule has 0 radical (unpaired) electrons. The Labute approximate surface area is 158 Å². The number of nitrogens with two attached hydrogens (primary N) is 1. The number of amides is 1. The molecule has 3 aromatic rings. The van der Waals surface area contributed by atoms with Gasteiger partial charge in [-0.15, -0.1) is 11.3 Å². The Balaban J connectivity index is 2.05.